The molecule has 1 heterocycles. The van der Waals surface area contributed by atoms with Crippen molar-refractivity contribution in [2.45, 2.75) is 40.5 Å². The van der Waals surface area contributed by atoms with Gasteiger partial charge in [0.2, 0.25) is 5.91 Å². The van der Waals surface area contributed by atoms with Crippen molar-refractivity contribution in [3.8, 4) is 0 Å². The maximum atomic E-state index is 11.7. The number of aromatic amines is 1. The Labute approximate surface area is 107 Å². The molecule has 0 aliphatic heterocycles. The number of H-pyrrole nitrogens is 1. The van der Waals surface area contributed by atoms with E-state index in [4.69, 9.17) is 0 Å². The van der Waals surface area contributed by atoms with Crippen molar-refractivity contribution >= 4 is 5.91 Å². The lowest BCUT2D eigenvalue weighted by Gasteiger charge is -2.08. The highest BCUT2D eigenvalue weighted by atomic mass is 16.2. The number of rotatable bonds is 5. The molecule has 0 radical (unpaired) electrons. The van der Waals surface area contributed by atoms with Crippen molar-refractivity contribution in [3.63, 3.8) is 0 Å². The Kier molecular flexibility index (Phi) is 5.07. The van der Waals surface area contributed by atoms with Gasteiger partial charge in [-0.1, -0.05) is 13.8 Å². The van der Waals surface area contributed by atoms with Crippen LogP contribution in [0, 0.1) is 19.8 Å². The summed E-state index contributed by atoms with van der Waals surface area (Å²) in [7, 11) is 0. The molecule has 0 aliphatic rings. The Morgan fingerprint density at radius 3 is 2.61 bits per heavy atom. The van der Waals surface area contributed by atoms with Crippen LogP contribution in [-0.4, -0.2) is 22.4 Å². The third kappa shape index (κ3) is 4.31. The lowest BCUT2D eigenvalue weighted by molar-refractivity contribution is -0.120. The molecule has 0 aromatic carbocycles. The molecule has 0 atom stereocenters. The Morgan fingerprint density at radius 1 is 1.39 bits per heavy atom. The smallest absolute Gasteiger partial charge is 0.254 e. The van der Waals surface area contributed by atoms with Crippen molar-refractivity contribution in [1.29, 1.82) is 0 Å². The Balaban J connectivity index is 2.62. The van der Waals surface area contributed by atoms with E-state index >= 15 is 0 Å². The van der Waals surface area contributed by atoms with Crippen LogP contribution in [0.2, 0.25) is 0 Å². The number of nitrogens with zero attached hydrogens (tertiary/aromatic N) is 1. The van der Waals surface area contributed by atoms with E-state index in [1.54, 1.807) is 13.8 Å². The molecule has 5 nitrogen and oxygen atoms in total. The average Bonchev–Trinajstić information content (AvgIpc) is 2.22. The Morgan fingerprint density at radius 2 is 2.06 bits per heavy atom. The highest BCUT2D eigenvalue weighted by Gasteiger charge is 2.11. The van der Waals surface area contributed by atoms with Crippen LogP contribution >= 0.6 is 0 Å². The summed E-state index contributed by atoms with van der Waals surface area (Å²) in [6.45, 7) is 8.32. The first kappa shape index (κ1) is 14.4. The van der Waals surface area contributed by atoms with Crippen LogP contribution in [0.4, 0.5) is 0 Å². The van der Waals surface area contributed by atoms with Crippen molar-refractivity contribution in [2.75, 3.05) is 6.54 Å². The molecule has 1 rings (SSSR count). The van der Waals surface area contributed by atoms with Gasteiger partial charge in [-0.2, -0.15) is 0 Å². The molecule has 2 N–H and O–H groups in total. The molecular formula is C13H21N3O2. The van der Waals surface area contributed by atoms with Crippen molar-refractivity contribution in [3.05, 3.63) is 27.4 Å². The minimum Gasteiger partial charge on any atom is -0.356 e. The lowest BCUT2D eigenvalue weighted by Crippen LogP contribution is -2.30. The van der Waals surface area contributed by atoms with Crippen LogP contribution in [-0.2, 0) is 11.2 Å². The van der Waals surface area contributed by atoms with E-state index in [1.165, 1.54) is 0 Å². The zero-order chi connectivity index (χ0) is 13.7. The number of aryl methyl sites for hydroxylation is 2. The molecule has 0 spiro atoms. The SMILES string of the molecule is Cc1nc(C)c(CC(=O)NCCC(C)C)c(=O)[nH]1. The molecule has 1 amide bonds. The van der Waals surface area contributed by atoms with Crippen molar-refractivity contribution < 1.29 is 4.79 Å². The van der Waals surface area contributed by atoms with E-state index < -0.39 is 0 Å². The summed E-state index contributed by atoms with van der Waals surface area (Å²) in [5.74, 6) is 0.993. The molecule has 0 aliphatic carbocycles. The minimum atomic E-state index is -0.223. The molecule has 1 aromatic rings. The monoisotopic (exact) mass is 251 g/mol. The maximum Gasteiger partial charge on any atom is 0.254 e. The van der Waals surface area contributed by atoms with Gasteiger partial charge in [0.1, 0.15) is 5.82 Å². The summed E-state index contributed by atoms with van der Waals surface area (Å²) in [5, 5.41) is 2.81. The van der Waals surface area contributed by atoms with E-state index in [0.29, 0.717) is 29.5 Å². The fraction of sp³-hybridized carbons (Fsp3) is 0.615. The second-order valence-corrected chi connectivity index (χ2v) is 4.92. The Hall–Kier alpha value is -1.65. The predicted octanol–water partition coefficient (Wildman–Crippen LogP) is 1.09. The van der Waals surface area contributed by atoms with Gasteiger partial charge in [-0.25, -0.2) is 4.98 Å². The van der Waals surface area contributed by atoms with Gasteiger partial charge in [0.15, 0.2) is 0 Å². The highest BCUT2D eigenvalue weighted by molar-refractivity contribution is 5.78. The number of carbonyl (C=O) groups excluding carboxylic acids is 1. The van der Waals surface area contributed by atoms with E-state index in [0.717, 1.165) is 6.42 Å². The largest absolute Gasteiger partial charge is 0.356 e. The third-order valence-electron chi connectivity index (χ3n) is 2.72. The molecule has 5 heteroatoms. The number of carbonyl (C=O) groups is 1. The zero-order valence-electron chi connectivity index (χ0n) is 11.5. The first-order valence-corrected chi connectivity index (χ1v) is 6.23. The van der Waals surface area contributed by atoms with E-state index in [9.17, 15) is 9.59 Å². The molecular weight excluding hydrogens is 230 g/mol. The highest BCUT2D eigenvalue weighted by Crippen LogP contribution is 2.00. The van der Waals surface area contributed by atoms with Gasteiger partial charge in [0, 0.05) is 17.8 Å². The summed E-state index contributed by atoms with van der Waals surface area (Å²) >= 11 is 0. The summed E-state index contributed by atoms with van der Waals surface area (Å²) in [5.41, 5.74) is 0.844. The molecule has 0 saturated heterocycles. The summed E-state index contributed by atoms with van der Waals surface area (Å²) in [6, 6.07) is 0. The predicted molar refractivity (Wildman–Crippen MR) is 70.5 cm³/mol. The van der Waals surface area contributed by atoms with E-state index in [2.05, 4.69) is 29.1 Å². The second-order valence-electron chi connectivity index (χ2n) is 4.92. The van der Waals surface area contributed by atoms with Gasteiger partial charge < -0.3 is 10.3 Å². The molecule has 0 bridgehead atoms. The normalized spacial score (nSPS) is 10.7. The summed E-state index contributed by atoms with van der Waals surface area (Å²) in [6.07, 6.45) is 1.03. The van der Waals surface area contributed by atoms with Gasteiger partial charge in [0.05, 0.1) is 6.42 Å². The number of nitrogens with one attached hydrogen (secondary N) is 2. The Bertz CT molecular complexity index is 478. The first-order valence-electron chi connectivity index (χ1n) is 6.23. The van der Waals surface area contributed by atoms with E-state index in [-0.39, 0.29) is 17.9 Å². The second kappa shape index (κ2) is 6.33. The van der Waals surface area contributed by atoms with Gasteiger partial charge in [-0.05, 0) is 26.2 Å². The minimum absolute atomic E-state index is 0.0898. The zero-order valence-corrected chi connectivity index (χ0v) is 11.5. The number of hydrogen-bond acceptors (Lipinski definition) is 3. The van der Waals surface area contributed by atoms with Crippen LogP contribution in [0.25, 0.3) is 0 Å². The van der Waals surface area contributed by atoms with E-state index in [1.807, 2.05) is 0 Å². The van der Waals surface area contributed by atoms with Crippen LogP contribution in [0.1, 0.15) is 37.4 Å². The summed E-state index contributed by atoms with van der Waals surface area (Å²) in [4.78, 5) is 30.2. The van der Waals surface area contributed by atoms with Crippen LogP contribution in [0.5, 0.6) is 0 Å². The lowest BCUT2D eigenvalue weighted by atomic mass is 10.1. The fourth-order valence-electron chi connectivity index (χ4n) is 1.68. The molecule has 0 unspecified atom stereocenters. The van der Waals surface area contributed by atoms with Gasteiger partial charge in [-0.15, -0.1) is 0 Å². The number of hydrogen-bond donors (Lipinski definition) is 2. The summed E-state index contributed by atoms with van der Waals surface area (Å²) < 4.78 is 0. The van der Waals surface area contributed by atoms with Gasteiger partial charge in [0.25, 0.3) is 5.56 Å². The quantitative estimate of drug-likeness (QED) is 0.822. The molecule has 18 heavy (non-hydrogen) atoms. The topological polar surface area (TPSA) is 74.8 Å². The van der Waals surface area contributed by atoms with Crippen LogP contribution < -0.4 is 10.9 Å². The van der Waals surface area contributed by atoms with Gasteiger partial charge in [-0.3, -0.25) is 9.59 Å². The van der Waals surface area contributed by atoms with Gasteiger partial charge >= 0.3 is 0 Å². The first-order chi connectivity index (χ1) is 8.40. The van der Waals surface area contributed by atoms with Crippen LogP contribution in [0.3, 0.4) is 0 Å². The standard InChI is InChI=1S/C13H21N3O2/c1-8(2)5-6-14-12(17)7-11-9(3)15-10(4)16-13(11)18/h8H,5-7H2,1-4H3,(H,14,17)(H,15,16,18). The number of amides is 1. The van der Waals surface area contributed by atoms with Crippen molar-refractivity contribution in [2.24, 2.45) is 5.92 Å². The van der Waals surface area contributed by atoms with Crippen molar-refractivity contribution in [1.82, 2.24) is 15.3 Å². The molecule has 100 valence electrons. The van der Waals surface area contributed by atoms with Crippen LogP contribution in [0.15, 0.2) is 4.79 Å². The fourth-order valence-corrected chi connectivity index (χ4v) is 1.68. The molecule has 0 fully saturated rings. The molecule has 1 aromatic heterocycles. The average molecular weight is 251 g/mol. The maximum absolute atomic E-state index is 11.7. The number of aromatic nitrogens is 2. The molecule has 0 saturated carbocycles. The third-order valence-corrected chi connectivity index (χ3v) is 2.72.